The molecule has 1 heterocycles. The first kappa shape index (κ1) is 11.7. The van der Waals surface area contributed by atoms with Crippen LogP contribution < -0.4 is 5.73 Å². The van der Waals surface area contributed by atoms with Gasteiger partial charge >= 0.3 is 0 Å². The smallest absolute Gasteiger partial charge is 0.138 e. The van der Waals surface area contributed by atoms with Crippen molar-refractivity contribution >= 4 is 0 Å². The first-order valence-electron chi connectivity index (χ1n) is 5.71. The zero-order valence-corrected chi connectivity index (χ0v) is 10.2. The van der Waals surface area contributed by atoms with Crippen LogP contribution in [0.4, 0.5) is 0 Å². The first-order valence-corrected chi connectivity index (χ1v) is 5.71. The van der Waals surface area contributed by atoms with Crippen LogP contribution in [0, 0.1) is 0 Å². The Balaban J connectivity index is 2.37. The van der Waals surface area contributed by atoms with E-state index in [1.807, 2.05) is 18.2 Å². The molecule has 2 aromatic rings. The molecule has 1 aromatic heterocycles. The minimum Gasteiger partial charge on any atom is -0.326 e. The molecule has 0 radical (unpaired) electrons. The molecule has 0 amide bonds. The van der Waals surface area contributed by atoms with E-state index in [0.717, 1.165) is 11.4 Å². The molecule has 2 N–H and O–H groups in total. The maximum Gasteiger partial charge on any atom is 0.138 e. The highest BCUT2D eigenvalue weighted by Gasteiger charge is 2.25. The molecule has 0 aliphatic rings. The predicted octanol–water partition coefficient (Wildman–Crippen LogP) is 2.26. The molecular weight excluding hydrogens is 210 g/mol. The molecule has 0 atom stereocenters. The molecule has 0 spiro atoms. The second-order valence-electron chi connectivity index (χ2n) is 4.61. The molecule has 3 heteroatoms. The lowest BCUT2D eigenvalue weighted by Gasteiger charge is -2.23. The Hall–Kier alpha value is -1.74. The van der Waals surface area contributed by atoms with Crippen molar-refractivity contribution in [2.45, 2.75) is 25.8 Å². The molecule has 0 aliphatic carbocycles. The SMILES string of the molecule is CC(C)(c1ccccc1)c1ncc(CN)cn1. The van der Waals surface area contributed by atoms with E-state index >= 15 is 0 Å². The number of hydrogen-bond acceptors (Lipinski definition) is 3. The zero-order valence-electron chi connectivity index (χ0n) is 10.2. The summed E-state index contributed by atoms with van der Waals surface area (Å²) in [5.41, 5.74) is 7.52. The fourth-order valence-electron chi connectivity index (χ4n) is 1.77. The van der Waals surface area contributed by atoms with Gasteiger partial charge < -0.3 is 5.73 Å². The Morgan fingerprint density at radius 2 is 1.65 bits per heavy atom. The van der Waals surface area contributed by atoms with Crippen LogP contribution in [-0.2, 0) is 12.0 Å². The Bertz CT molecular complexity index is 475. The lowest BCUT2D eigenvalue weighted by molar-refractivity contribution is 0.588. The summed E-state index contributed by atoms with van der Waals surface area (Å²) in [7, 11) is 0. The van der Waals surface area contributed by atoms with Gasteiger partial charge in [-0.15, -0.1) is 0 Å². The van der Waals surface area contributed by atoms with Crippen LogP contribution in [0.15, 0.2) is 42.7 Å². The standard InChI is InChI=1S/C14H17N3/c1-14(2,12-6-4-3-5-7-12)13-16-9-11(8-15)10-17-13/h3-7,9-10H,8,15H2,1-2H3. The van der Waals surface area contributed by atoms with Gasteiger partial charge in [-0.1, -0.05) is 30.3 Å². The summed E-state index contributed by atoms with van der Waals surface area (Å²) in [5.74, 6) is 0.820. The third-order valence-electron chi connectivity index (χ3n) is 3.00. The number of benzene rings is 1. The lowest BCUT2D eigenvalue weighted by atomic mass is 9.84. The van der Waals surface area contributed by atoms with Crippen LogP contribution in [0.5, 0.6) is 0 Å². The maximum absolute atomic E-state index is 5.54. The second kappa shape index (κ2) is 4.63. The summed E-state index contributed by atoms with van der Waals surface area (Å²) in [6, 6.07) is 10.3. The molecule has 0 aliphatic heterocycles. The average Bonchev–Trinajstić information content (AvgIpc) is 2.40. The Morgan fingerprint density at radius 3 is 2.18 bits per heavy atom. The summed E-state index contributed by atoms with van der Waals surface area (Å²) in [6.07, 6.45) is 3.60. The van der Waals surface area contributed by atoms with Crippen LogP contribution in [0.25, 0.3) is 0 Å². The third kappa shape index (κ3) is 2.34. The fraction of sp³-hybridized carbons (Fsp3) is 0.286. The van der Waals surface area contributed by atoms with Gasteiger partial charge in [0.15, 0.2) is 0 Å². The maximum atomic E-state index is 5.54. The average molecular weight is 227 g/mol. The van der Waals surface area contributed by atoms with Crippen LogP contribution in [-0.4, -0.2) is 9.97 Å². The lowest BCUT2D eigenvalue weighted by Crippen LogP contribution is -2.22. The number of aromatic nitrogens is 2. The van der Waals surface area contributed by atoms with Crippen molar-refractivity contribution in [3.8, 4) is 0 Å². The summed E-state index contributed by atoms with van der Waals surface area (Å²) < 4.78 is 0. The van der Waals surface area contributed by atoms with Gasteiger partial charge in [-0.05, 0) is 19.4 Å². The summed E-state index contributed by atoms with van der Waals surface area (Å²) in [4.78, 5) is 8.81. The molecule has 2 rings (SSSR count). The normalized spacial score (nSPS) is 11.5. The molecule has 0 unspecified atom stereocenters. The van der Waals surface area contributed by atoms with Gasteiger partial charge in [-0.2, -0.15) is 0 Å². The van der Waals surface area contributed by atoms with Gasteiger partial charge in [0.2, 0.25) is 0 Å². The van der Waals surface area contributed by atoms with Gasteiger partial charge in [0.25, 0.3) is 0 Å². The number of hydrogen-bond donors (Lipinski definition) is 1. The largest absolute Gasteiger partial charge is 0.326 e. The Kier molecular flexibility index (Phi) is 3.20. The molecule has 0 fully saturated rings. The van der Waals surface area contributed by atoms with Crippen LogP contribution in [0.2, 0.25) is 0 Å². The van der Waals surface area contributed by atoms with Crippen molar-refractivity contribution in [2.24, 2.45) is 5.73 Å². The Labute approximate surface area is 102 Å². The van der Waals surface area contributed by atoms with E-state index in [4.69, 9.17) is 5.73 Å². The quantitative estimate of drug-likeness (QED) is 0.875. The number of nitrogens with zero attached hydrogens (tertiary/aromatic N) is 2. The van der Waals surface area contributed by atoms with Gasteiger partial charge in [0.05, 0.1) is 0 Å². The highest BCUT2D eigenvalue weighted by Crippen LogP contribution is 2.28. The van der Waals surface area contributed by atoms with Crippen molar-refractivity contribution in [2.75, 3.05) is 0 Å². The fourth-order valence-corrected chi connectivity index (χ4v) is 1.77. The monoisotopic (exact) mass is 227 g/mol. The van der Waals surface area contributed by atoms with E-state index in [-0.39, 0.29) is 5.41 Å². The van der Waals surface area contributed by atoms with E-state index in [1.54, 1.807) is 12.4 Å². The van der Waals surface area contributed by atoms with Crippen molar-refractivity contribution in [1.29, 1.82) is 0 Å². The predicted molar refractivity (Wildman–Crippen MR) is 68.5 cm³/mol. The van der Waals surface area contributed by atoms with E-state index < -0.39 is 0 Å². The van der Waals surface area contributed by atoms with Gasteiger partial charge in [-0.25, -0.2) is 9.97 Å². The Morgan fingerprint density at radius 1 is 1.06 bits per heavy atom. The second-order valence-corrected chi connectivity index (χ2v) is 4.61. The van der Waals surface area contributed by atoms with E-state index in [2.05, 4.69) is 35.9 Å². The summed E-state index contributed by atoms with van der Waals surface area (Å²) in [5, 5.41) is 0. The van der Waals surface area contributed by atoms with Gasteiger partial charge in [0, 0.05) is 29.9 Å². The topological polar surface area (TPSA) is 51.8 Å². The molecule has 88 valence electrons. The first-order chi connectivity index (χ1) is 8.14. The van der Waals surface area contributed by atoms with E-state index in [0.29, 0.717) is 6.54 Å². The number of nitrogens with two attached hydrogens (primary N) is 1. The van der Waals surface area contributed by atoms with Crippen molar-refractivity contribution in [3.05, 3.63) is 59.7 Å². The van der Waals surface area contributed by atoms with Gasteiger partial charge in [0.1, 0.15) is 5.82 Å². The van der Waals surface area contributed by atoms with E-state index in [1.165, 1.54) is 5.56 Å². The van der Waals surface area contributed by atoms with Crippen molar-refractivity contribution < 1.29 is 0 Å². The third-order valence-corrected chi connectivity index (χ3v) is 3.00. The van der Waals surface area contributed by atoms with Crippen LogP contribution >= 0.6 is 0 Å². The van der Waals surface area contributed by atoms with E-state index in [9.17, 15) is 0 Å². The van der Waals surface area contributed by atoms with Crippen LogP contribution in [0.3, 0.4) is 0 Å². The highest BCUT2D eigenvalue weighted by molar-refractivity contribution is 5.30. The number of rotatable bonds is 3. The molecule has 1 aromatic carbocycles. The summed E-state index contributed by atoms with van der Waals surface area (Å²) >= 11 is 0. The zero-order chi connectivity index (χ0) is 12.3. The molecule has 17 heavy (non-hydrogen) atoms. The van der Waals surface area contributed by atoms with Crippen molar-refractivity contribution in [1.82, 2.24) is 9.97 Å². The summed E-state index contributed by atoms with van der Waals surface area (Å²) in [6.45, 7) is 4.73. The molecular formula is C14H17N3. The minimum absolute atomic E-state index is 0.186. The molecule has 0 bridgehead atoms. The minimum atomic E-state index is -0.186. The van der Waals surface area contributed by atoms with Crippen molar-refractivity contribution in [3.63, 3.8) is 0 Å². The van der Waals surface area contributed by atoms with Crippen LogP contribution in [0.1, 0.15) is 30.8 Å². The molecule has 3 nitrogen and oxygen atoms in total. The molecule has 0 saturated carbocycles. The van der Waals surface area contributed by atoms with Gasteiger partial charge in [-0.3, -0.25) is 0 Å². The highest BCUT2D eigenvalue weighted by atomic mass is 14.9. The molecule has 0 saturated heterocycles.